The summed E-state index contributed by atoms with van der Waals surface area (Å²) in [5, 5.41) is 0. The predicted molar refractivity (Wildman–Crippen MR) is 92.9 cm³/mol. The molecule has 0 aromatic carbocycles. The highest BCUT2D eigenvalue weighted by Crippen LogP contribution is 2.43. The summed E-state index contributed by atoms with van der Waals surface area (Å²) in [6.45, 7) is 2.40. The first-order valence-electron chi connectivity index (χ1n) is 10.4. The minimum atomic E-state index is -1.18. The van der Waals surface area contributed by atoms with E-state index in [0.29, 0.717) is 24.7 Å². The van der Waals surface area contributed by atoms with Gasteiger partial charge in [-0.15, -0.1) is 0 Å². The van der Waals surface area contributed by atoms with Crippen molar-refractivity contribution >= 4 is 0 Å². The average molecular weight is 327 g/mol. The molecule has 3 fully saturated rings. The van der Waals surface area contributed by atoms with E-state index in [1.54, 1.807) is 0 Å². The van der Waals surface area contributed by atoms with Crippen LogP contribution < -0.4 is 0 Å². The quantitative estimate of drug-likeness (QED) is 0.528. The van der Waals surface area contributed by atoms with Gasteiger partial charge in [0.2, 0.25) is 0 Å². The summed E-state index contributed by atoms with van der Waals surface area (Å²) in [4.78, 5) is 0. The van der Waals surface area contributed by atoms with Crippen LogP contribution in [0.3, 0.4) is 0 Å². The lowest BCUT2D eigenvalue weighted by Gasteiger charge is -2.38. The normalized spacial score (nSPS) is 45.8. The van der Waals surface area contributed by atoms with E-state index in [-0.39, 0.29) is 0 Å². The van der Waals surface area contributed by atoms with Crippen molar-refractivity contribution in [2.24, 2.45) is 29.6 Å². The fourth-order valence-corrected chi connectivity index (χ4v) is 5.57. The van der Waals surface area contributed by atoms with Gasteiger partial charge in [-0.3, -0.25) is 0 Å². The number of halogens is 2. The van der Waals surface area contributed by atoms with Gasteiger partial charge in [-0.2, -0.15) is 0 Å². The first-order chi connectivity index (χ1) is 11.1. The largest absolute Gasteiger partial charge is 0.244 e. The summed E-state index contributed by atoms with van der Waals surface area (Å²) in [6, 6.07) is 0. The molecule has 0 bridgehead atoms. The van der Waals surface area contributed by atoms with Gasteiger partial charge in [-0.1, -0.05) is 58.3 Å². The van der Waals surface area contributed by atoms with Crippen molar-refractivity contribution in [1.82, 2.24) is 0 Å². The molecule has 0 saturated heterocycles. The molecule has 2 heteroatoms. The van der Waals surface area contributed by atoms with Crippen molar-refractivity contribution in [2.75, 3.05) is 0 Å². The molecule has 0 aliphatic heterocycles. The van der Waals surface area contributed by atoms with Crippen molar-refractivity contribution in [1.29, 1.82) is 0 Å². The number of alkyl halides is 2. The molecule has 23 heavy (non-hydrogen) atoms. The Morgan fingerprint density at radius 3 is 1.70 bits per heavy atom. The van der Waals surface area contributed by atoms with Crippen LogP contribution >= 0.6 is 0 Å². The molecule has 0 amide bonds. The third-order valence-corrected chi connectivity index (χ3v) is 7.41. The standard InChI is InChI=1S/C21H36F2/c1-15-2-4-16(5-3-15)6-7-17-8-10-18(11-9-17)19-12-13-20(22)21(23)14-19/h15-21H,2-14H2,1H3. The van der Waals surface area contributed by atoms with E-state index < -0.39 is 12.3 Å². The molecule has 3 rings (SSSR count). The van der Waals surface area contributed by atoms with Crippen LogP contribution in [-0.2, 0) is 0 Å². The Morgan fingerprint density at radius 2 is 1.13 bits per heavy atom. The van der Waals surface area contributed by atoms with E-state index in [0.717, 1.165) is 24.2 Å². The maximum absolute atomic E-state index is 13.6. The van der Waals surface area contributed by atoms with Gasteiger partial charge in [0, 0.05) is 0 Å². The lowest BCUT2D eigenvalue weighted by molar-refractivity contribution is 0.0539. The molecule has 3 atom stereocenters. The lowest BCUT2D eigenvalue weighted by atomic mass is 9.69. The smallest absolute Gasteiger partial charge is 0.131 e. The first-order valence-corrected chi connectivity index (χ1v) is 10.4. The molecule has 0 nitrogen and oxygen atoms in total. The van der Waals surface area contributed by atoms with Crippen molar-refractivity contribution in [2.45, 2.75) is 103 Å². The lowest BCUT2D eigenvalue weighted by Crippen LogP contribution is -2.32. The van der Waals surface area contributed by atoms with Gasteiger partial charge in [0.25, 0.3) is 0 Å². The molecule has 0 aromatic heterocycles. The van der Waals surface area contributed by atoms with Crippen LogP contribution in [0.15, 0.2) is 0 Å². The van der Waals surface area contributed by atoms with Crippen LogP contribution in [-0.4, -0.2) is 12.3 Å². The van der Waals surface area contributed by atoms with Crippen molar-refractivity contribution in [3.05, 3.63) is 0 Å². The molecule has 0 spiro atoms. The number of hydrogen-bond donors (Lipinski definition) is 0. The predicted octanol–water partition coefficient (Wildman–Crippen LogP) is 6.88. The summed E-state index contributed by atoms with van der Waals surface area (Å²) >= 11 is 0. The summed E-state index contributed by atoms with van der Waals surface area (Å²) in [6.07, 6.45) is 13.5. The minimum Gasteiger partial charge on any atom is -0.244 e. The van der Waals surface area contributed by atoms with E-state index in [4.69, 9.17) is 0 Å². The molecule has 0 aromatic rings. The zero-order valence-corrected chi connectivity index (χ0v) is 15.0. The average Bonchev–Trinajstić information content (AvgIpc) is 2.57. The van der Waals surface area contributed by atoms with Crippen LogP contribution in [0.2, 0.25) is 0 Å². The Kier molecular flexibility index (Phi) is 6.38. The second-order valence-electron chi connectivity index (χ2n) is 9.09. The maximum atomic E-state index is 13.6. The van der Waals surface area contributed by atoms with E-state index in [9.17, 15) is 8.78 Å². The molecular weight excluding hydrogens is 290 g/mol. The summed E-state index contributed by atoms with van der Waals surface area (Å²) in [7, 11) is 0. The van der Waals surface area contributed by atoms with Crippen LogP contribution in [0.25, 0.3) is 0 Å². The van der Waals surface area contributed by atoms with E-state index in [1.807, 2.05) is 0 Å². The monoisotopic (exact) mass is 326 g/mol. The molecule has 0 heterocycles. The van der Waals surface area contributed by atoms with Gasteiger partial charge < -0.3 is 0 Å². The van der Waals surface area contributed by atoms with Gasteiger partial charge in [-0.05, 0) is 61.7 Å². The van der Waals surface area contributed by atoms with Gasteiger partial charge in [0.1, 0.15) is 12.3 Å². The maximum Gasteiger partial charge on any atom is 0.131 e. The molecule has 3 aliphatic carbocycles. The third-order valence-electron chi connectivity index (χ3n) is 7.41. The van der Waals surface area contributed by atoms with Gasteiger partial charge in [0.05, 0.1) is 0 Å². The van der Waals surface area contributed by atoms with Crippen LogP contribution in [0.1, 0.15) is 90.4 Å². The van der Waals surface area contributed by atoms with Crippen molar-refractivity contribution in [3.8, 4) is 0 Å². The van der Waals surface area contributed by atoms with Gasteiger partial charge in [0.15, 0.2) is 0 Å². The van der Waals surface area contributed by atoms with E-state index in [1.165, 1.54) is 64.2 Å². The fourth-order valence-electron chi connectivity index (χ4n) is 5.57. The molecule has 134 valence electrons. The third kappa shape index (κ3) is 4.92. The Morgan fingerprint density at radius 1 is 0.609 bits per heavy atom. The highest BCUT2D eigenvalue weighted by molar-refractivity contribution is 4.86. The number of rotatable bonds is 4. The molecule has 3 unspecified atom stereocenters. The van der Waals surface area contributed by atoms with E-state index in [2.05, 4.69) is 6.92 Å². The second kappa shape index (κ2) is 8.30. The first kappa shape index (κ1) is 17.7. The van der Waals surface area contributed by atoms with Gasteiger partial charge in [-0.25, -0.2) is 8.78 Å². The Balaban J connectivity index is 1.34. The zero-order valence-electron chi connectivity index (χ0n) is 15.0. The summed E-state index contributed by atoms with van der Waals surface area (Å²) < 4.78 is 26.9. The molecule has 3 aliphatic rings. The van der Waals surface area contributed by atoms with Crippen LogP contribution in [0.4, 0.5) is 8.78 Å². The van der Waals surface area contributed by atoms with Crippen molar-refractivity contribution in [3.63, 3.8) is 0 Å². The van der Waals surface area contributed by atoms with Crippen molar-refractivity contribution < 1.29 is 8.78 Å². The summed E-state index contributed by atoms with van der Waals surface area (Å²) in [5.41, 5.74) is 0. The highest BCUT2D eigenvalue weighted by atomic mass is 19.2. The number of hydrogen-bond acceptors (Lipinski definition) is 0. The Bertz CT molecular complexity index is 340. The van der Waals surface area contributed by atoms with E-state index >= 15 is 0 Å². The summed E-state index contributed by atoms with van der Waals surface area (Å²) in [5.74, 6) is 4.03. The Hall–Kier alpha value is -0.140. The minimum absolute atomic E-state index is 0.464. The highest BCUT2D eigenvalue weighted by Gasteiger charge is 2.36. The molecular formula is C21H36F2. The molecule has 0 radical (unpaired) electrons. The fraction of sp³-hybridized carbons (Fsp3) is 1.00. The molecule has 0 N–H and O–H groups in total. The van der Waals surface area contributed by atoms with Gasteiger partial charge >= 0.3 is 0 Å². The Labute approximate surface area is 141 Å². The second-order valence-corrected chi connectivity index (χ2v) is 9.09. The topological polar surface area (TPSA) is 0 Å². The zero-order chi connectivity index (χ0) is 16.2. The van der Waals surface area contributed by atoms with Crippen LogP contribution in [0.5, 0.6) is 0 Å². The molecule has 3 saturated carbocycles. The van der Waals surface area contributed by atoms with Crippen LogP contribution in [0, 0.1) is 29.6 Å². The SMILES string of the molecule is CC1CCC(CCC2CCC(C3CCC(F)C(F)C3)CC2)CC1.